The number of rotatable bonds is 4. The molecule has 4 saturated carbocycles. The summed E-state index contributed by atoms with van der Waals surface area (Å²) in [4.78, 5) is 50.0. The van der Waals surface area contributed by atoms with Gasteiger partial charge in [0.05, 0.1) is 0 Å². The molecule has 4 rings (SSSR count). The van der Waals surface area contributed by atoms with Crippen LogP contribution in [0.5, 0.6) is 0 Å². The Morgan fingerprint density at radius 2 is 1.83 bits per heavy atom. The zero-order chi connectivity index (χ0) is 21.1. The number of ketones is 3. The van der Waals surface area contributed by atoms with E-state index in [-0.39, 0.29) is 64.7 Å². The number of carbonyl (C=O) groups is 4. The lowest BCUT2D eigenvalue weighted by atomic mass is 9.44. The Labute approximate surface area is 173 Å². The minimum atomic E-state index is -0.792. The molecule has 0 aromatic rings. The summed E-state index contributed by atoms with van der Waals surface area (Å²) >= 11 is 0. The van der Waals surface area contributed by atoms with Crippen LogP contribution in [-0.2, 0) is 19.2 Å². The Kier molecular flexibility index (Phi) is 5.02. The molecular formula is C24H34O5. The summed E-state index contributed by atoms with van der Waals surface area (Å²) in [5.41, 5.74) is -0.598. The highest BCUT2D eigenvalue weighted by Crippen LogP contribution is 2.66. The lowest BCUT2D eigenvalue weighted by molar-refractivity contribution is -0.166. The number of aliphatic carboxylic acids is 1. The van der Waals surface area contributed by atoms with Crippen molar-refractivity contribution in [3.63, 3.8) is 0 Å². The van der Waals surface area contributed by atoms with Gasteiger partial charge < -0.3 is 5.11 Å². The predicted octanol–water partition coefficient (Wildman–Crippen LogP) is 4.07. The van der Waals surface area contributed by atoms with Crippen molar-refractivity contribution in [1.29, 1.82) is 0 Å². The van der Waals surface area contributed by atoms with Crippen LogP contribution < -0.4 is 0 Å². The van der Waals surface area contributed by atoms with Crippen LogP contribution in [0.1, 0.15) is 78.6 Å². The third kappa shape index (κ3) is 3.02. The molecule has 0 aromatic heterocycles. The number of fused-ring (bicyclic) bond motifs is 5. The summed E-state index contributed by atoms with van der Waals surface area (Å²) in [5, 5.41) is 9.06. The highest BCUT2D eigenvalue weighted by atomic mass is 16.4. The highest BCUT2D eigenvalue weighted by Gasteiger charge is 2.66. The average molecular weight is 403 g/mol. The molecule has 0 aromatic carbocycles. The lowest BCUT2D eigenvalue weighted by Crippen LogP contribution is -2.60. The third-order valence-corrected chi connectivity index (χ3v) is 9.72. The highest BCUT2D eigenvalue weighted by molar-refractivity contribution is 5.93. The van der Waals surface area contributed by atoms with Gasteiger partial charge in [-0.2, -0.15) is 0 Å². The third-order valence-electron chi connectivity index (χ3n) is 9.72. The van der Waals surface area contributed by atoms with Crippen LogP contribution in [0.4, 0.5) is 0 Å². The molecule has 1 N–H and O–H groups in total. The molecule has 160 valence electrons. The first-order valence-corrected chi connectivity index (χ1v) is 11.4. The van der Waals surface area contributed by atoms with Crippen molar-refractivity contribution in [2.45, 2.75) is 78.6 Å². The molecule has 0 heterocycles. The summed E-state index contributed by atoms with van der Waals surface area (Å²) in [6.07, 6.45) is 5.33. The van der Waals surface area contributed by atoms with Gasteiger partial charge in [-0.3, -0.25) is 19.2 Å². The van der Waals surface area contributed by atoms with Gasteiger partial charge in [-0.05, 0) is 60.7 Å². The number of carboxylic acid groups (broad SMARTS) is 1. The fourth-order valence-corrected chi connectivity index (χ4v) is 7.94. The lowest BCUT2D eigenvalue weighted by Gasteiger charge is -2.58. The largest absolute Gasteiger partial charge is 0.481 e. The van der Waals surface area contributed by atoms with E-state index in [4.69, 9.17) is 5.11 Å². The molecule has 0 bridgehead atoms. The molecule has 0 saturated heterocycles. The molecule has 0 spiro atoms. The molecule has 0 aliphatic heterocycles. The summed E-state index contributed by atoms with van der Waals surface area (Å²) in [6.45, 7) is 6.37. The number of Topliss-reactive ketones (excluding diaryl/α,β-unsaturated/α-hetero) is 3. The standard InChI is InChI=1S/C24H34O5/c1-13(4-7-21(28)29)16-5-6-17-22-18(12-20(27)24(16,17)3)23(2)9-8-15(25)10-14(23)11-19(22)26/h13-14,16-18,22H,4-12H2,1-3H3,(H,28,29)/t13-,14+,16-,17?,18?,22?,23+,24-/m1/s1. The van der Waals surface area contributed by atoms with Crippen LogP contribution in [0.3, 0.4) is 0 Å². The van der Waals surface area contributed by atoms with E-state index in [0.29, 0.717) is 32.1 Å². The number of carboxylic acids is 1. The average Bonchev–Trinajstić information content (AvgIpc) is 3.01. The van der Waals surface area contributed by atoms with Crippen LogP contribution in [0.15, 0.2) is 0 Å². The van der Waals surface area contributed by atoms with E-state index < -0.39 is 11.4 Å². The van der Waals surface area contributed by atoms with Crippen molar-refractivity contribution in [1.82, 2.24) is 0 Å². The van der Waals surface area contributed by atoms with Crippen LogP contribution in [0, 0.1) is 46.3 Å². The van der Waals surface area contributed by atoms with Crippen LogP contribution in [-0.4, -0.2) is 28.4 Å². The van der Waals surface area contributed by atoms with E-state index >= 15 is 0 Å². The van der Waals surface area contributed by atoms with Gasteiger partial charge in [0.15, 0.2) is 0 Å². The fraction of sp³-hybridized carbons (Fsp3) is 0.833. The van der Waals surface area contributed by atoms with Crippen molar-refractivity contribution < 1.29 is 24.3 Å². The van der Waals surface area contributed by atoms with E-state index in [1.807, 2.05) is 0 Å². The smallest absolute Gasteiger partial charge is 0.303 e. The van der Waals surface area contributed by atoms with Gasteiger partial charge in [0.1, 0.15) is 17.3 Å². The monoisotopic (exact) mass is 402 g/mol. The predicted molar refractivity (Wildman–Crippen MR) is 107 cm³/mol. The van der Waals surface area contributed by atoms with Crippen molar-refractivity contribution in [3.8, 4) is 0 Å². The molecule has 5 nitrogen and oxygen atoms in total. The van der Waals surface area contributed by atoms with Gasteiger partial charge in [0, 0.05) is 43.4 Å². The first kappa shape index (κ1) is 20.7. The van der Waals surface area contributed by atoms with Crippen molar-refractivity contribution >= 4 is 23.3 Å². The molecule has 4 aliphatic rings. The molecule has 29 heavy (non-hydrogen) atoms. The molecule has 5 heteroatoms. The van der Waals surface area contributed by atoms with E-state index in [1.54, 1.807) is 0 Å². The zero-order valence-corrected chi connectivity index (χ0v) is 17.9. The molecular weight excluding hydrogens is 368 g/mol. The minimum absolute atomic E-state index is 0.0659. The first-order chi connectivity index (χ1) is 13.6. The van der Waals surface area contributed by atoms with Crippen molar-refractivity contribution in [3.05, 3.63) is 0 Å². The van der Waals surface area contributed by atoms with Gasteiger partial charge >= 0.3 is 5.97 Å². The Morgan fingerprint density at radius 1 is 1.10 bits per heavy atom. The molecule has 8 atom stereocenters. The van der Waals surface area contributed by atoms with Crippen molar-refractivity contribution in [2.24, 2.45) is 46.3 Å². The Balaban J connectivity index is 1.63. The van der Waals surface area contributed by atoms with Crippen LogP contribution in [0.25, 0.3) is 0 Å². The summed E-state index contributed by atoms with van der Waals surface area (Å²) in [7, 11) is 0. The quantitative estimate of drug-likeness (QED) is 0.766. The Morgan fingerprint density at radius 3 is 2.52 bits per heavy atom. The van der Waals surface area contributed by atoms with Gasteiger partial charge in [-0.1, -0.05) is 20.8 Å². The molecule has 0 radical (unpaired) electrons. The maximum absolute atomic E-state index is 13.6. The normalized spacial score (nSPS) is 45.3. The summed E-state index contributed by atoms with van der Waals surface area (Å²) in [6, 6.07) is 0. The maximum Gasteiger partial charge on any atom is 0.303 e. The van der Waals surface area contributed by atoms with Crippen molar-refractivity contribution in [2.75, 3.05) is 0 Å². The van der Waals surface area contributed by atoms with Gasteiger partial charge in [0.25, 0.3) is 0 Å². The second kappa shape index (κ2) is 7.02. The first-order valence-electron chi connectivity index (χ1n) is 11.4. The number of hydrogen-bond acceptors (Lipinski definition) is 4. The van der Waals surface area contributed by atoms with Crippen LogP contribution in [0.2, 0.25) is 0 Å². The van der Waals surface area contributed by atoms with E-state index in [9.17, 15) is 19.2 Å². The SMILES string of the molecule is C[C@H](CCC(=O)O)[C@H]1CCC2C3C(=O)C[C@@H]4CC(=O)CC[C@]4(C)C3CC(=O)[C@@]21C. The second-order valence-corrected chi connectivity index (χ2v) is 10.9. The molecule has 3 unspecified atom stereocenters. The van der Waals surface area contributed by atoms with Crippen LogP contribution >= 0.6 is 0 Å². The second-order valence-electron chi connectivity index (χ2n) is 10.9. The number of hydrogen-bond donors (Lipinski definition) is 1. The molecule has 0 amide bonds. The van der Waals surface area contributed by atoms with Gasteiger partial charge in [-0.25, -0.2) is 0 Å². The van der Waals surface area contributed by atoms with Gasteiger partial charge in [-0.15, -0.1) is 0 Å². The summed E-state index contributed by atoms with van der Waals surface area (Å²) < 4.78 is 0. The molecule has 4 fully saturated rings. The van der Waals surface area contributed by atoms with E-state index in [1.165, 1.54) is 0 Å². The minimum Gasteiger partial charge on any atom is -0.481 e. The zero-order valence-electron chi connectivity index (χ0n) is 17.9. The molecule has 4 aliphatic carbocycles. The Hall–Kier alpha value is -1.52. The topological polar surface area (TPSA) is 88.5 Å². The maximum atomic E-state index is 13.6. The van der Waals surface area contributed by atoms with E-state index in [0.717, 1.165) is 19.3 Å². The van der Waals surface area contributed by atoms with Gasteiger partial charge in [0.2, 0.25) is 0 Å². The fourth-order valence-electron chi connectivity index (χ4n) is 7.94. The number of carbonyl (C=O) groups excluding carboxylic acids is 3. The van der Waals surface area contributed by atoms with E-state index in [2.05, 4.69) is 20.8 Å². The Bertz CT molecular complexity index is 756. The summed E-state index contributed by atoms with van der Waals surface area (Å²) in [5.74, 6) is 0.524.